The Morgan fingerprint density at radius 1 is 1.50 bits per heavy atom. The Bertz CT molecular complexity index is 503. The first-order valence-electron chi connectivity index (χ1n) is 6.49. The van der Waals surface area contributed by atoms with Gasteiger partial charge in [0.25, 0.3) is 5.91 Å². The van der Waals surface area contributed by atoms with E-state index in [9.17, 15) is 14.7 Å². The van der Waals surface area contributed by atoms with Gasteiger partial charge < -0.3 is 16.2 Å². The maximum absolute atomic E-state index is 12.0. The largest absolute Gasteiger partial charge is 0.390 e. The number of nitrogens with two attached hydrogens (primary N) is 1. The van der Waals surface area contributed by atoms with Crippen LogP contribution in [0.5, 0.6) is 0 Å². The summed E-state index contributed by atoms with van der Waals surface area (Å²) >= 11 is 1.28. The van der Waals surface area contributed by atoms with E-state index in [1.807, 2.05) is 11.8 Å². The third-order valence-electron chi connectivity index (χ3n) is 3.48. The molecule has 0 aliphatic carbocycles. The zero-order chi connectivity index (χ0) is 14.8. The van der Waals surface area contributed by atoms with Gasteiger partial charge in [-0.25, -0.2) is 0 Å². The average molecular weight is 297 g/mol. The lowest BCUT2D eigenvalue weighted by molar-refractivity contribution is -0.118. The molecule has 1 aliphatic heterocycles. The van der Waals surface area contributed by atoms with Gasteiger partial charge in [0.05, 0.1) is 17.7 Å². The molecule has 4 N–H and O–H groups in total. The van der Waals surface area contributed by atoms with Crippen molar-refractivity contribution >= 4 is 28.2 Å². The molecule has 1 fully saturated rings. The summed E-state index contributed by atoms with van der Waals surface area (Å²) in [6.45, 7) is 3.45. The van der Waals surface area contributed by atoms with Gasteiger partial charge in [-0.3, -0.25) is 14.5 Å². The van der Waals surface area contributed by atoms with Crippen LogP contribution in [-0.2, 0) is 4.79 Å². The number of aliphatic hydroxyl groups is 1. The first-order chi connectivity index (χ1) is 9.37. The SMILES string of the molecule is CC1(O)CCN(CC(=O)Nc2sccc2C(N)=O)CC1. The molecule has 110 valence electrons. The zero-order valence-electron chi connectivity index (χ0n) is 11.4. The fourth-order valence-electron chi connectivity index (χ4n) is 2.16. The summed E-state index contributed by atoms with van der Waals surface area (Å²) in [5.41, 5.74) is 4.94. The molecule has 1 aromatic rings. The van der Waals surface area contributed by atoms with E-state index in [-0.39, 0.29) is 12.5 Å². The molecule has 2 heterocycles. The first kappa shape index (κ1) is 15.0. The normalized spacial score (nSPS) is 18.7. The summed E-state index contributed by atoms with van der Waals surface area (Å²) in [6, 6.07) is 1.60. The Morgan fingerprint density at radius 3 is 2.75 bits per heavy atom. The van der Waals surface area contributed by atoms with Crippen LogP contribution in [0.3, 0.4) is 0 Å². The predicted octanol–water partition coefficient (Wildman–Crippen LogP) is 0.632. The van der Waals surface area contributed by atoms with E-state index >= 15 is 0 Å². The number of hydrogen-bond donors (Lipinski definition) is 3. The number of rotatable bonds is 4. The van der Waals surface area contributed by atoms with Crippen molar-refractivity contribution in [3.05, 3.63) is 17.0 Å². The van der Waals surface area contributed by atoms with E-state index in [1.54, 1.807) is 11.4 Å². The average Bonchev–Trinajstić information content (AvgIpc) is 2.80. The van der Waals surface area contributed by atoms with Gasteiger partial charge in [0.15, 0.2) is 0 Å². The van der Waals surface area contributed by atoms with E-state index in [4.69, 9.17) is 5.73 Å². The van der Waals surface area contributed by atoms with Crippen molar-refractivity contribution < 1.29 is 14.7 Å². The fourth-order valence-corrected chi connectivity index (χ4v) is 2.97. The molecule has 0 aromatic carbocycles. The maximum Gasteiger partial charge on any atom is 0.251 e. The van der Waals surface area contributed by atoms with Gasteiger partial charge in [-0.1, -0.05) is 0 Å². The number of nitrogens with one attached hydrogen (secondary N) is 1. The number of piperidine rings is 1. The number of carbonyl (C=O) groups excluding carboxylic acids is 2. The highest BCUT2D eigenvalue weighted by molar-refractivity contribution is 7.14. The van der Waals surface area contributed by atoms with E-state index < -0.39 is 11.5 Å². The second-order valence-corrected chi connectivity index (χ2v) is 6.27. The van der Waals surface area contributed by atoms with E-state index in [2.05, 4.69) is 5.32 Å². The standard InChI is InChI=1S/C13H19N3O3S/c1-13(19)3-5-16(6-4-13)8-10(17)15-12-9(11(14)18)2-7-20-12/h2,7,19H,3-6,8H2,1H3,(H2,14,18)(H,15,17). The van der Waals surface area contributed by atoms with E-state index in [0.29, 0.717) is 36.5 Å². The van der Waals surface area contributed by atoms with Crippen LogP contribution in [0.1, 0.15) is 30.1 Å². The Kier molecular flexibility index (Phi) is 4.42. The molecule has 0 spiro atoms. The molecule has 20 heavy (non-hydrogen) atoms. The molecule has 0 atom stereocenters. The van der Waals surface area contributed by atoms with Crippen LogP contribution in [0.25, 0.3) is 0 Å². The summed E-state index contributed by atoms with van der Waals surface area (Å²) in [4.78, 5) is 25.1. The smallest absolute Gasteiger partial charge is 0.251 e. The molecule has 0 bridgehead atoms. The number of primary amides is 1. The molecule has 2 rings (SSSR count). The summed E-state index contributed by atoms with van der Waals surface area (Å²) in [5, 5.41) is 14.8. The molecule has 7 heteroatoms. The Balaban J connectivity index is 1.87. The van der Waals surface area contributed by atoms with Gasteiger partial charge in [0.2, 0.25) is 5.91 Å². The molecule has 1 saturated heterocycles. The Morgan fingerprint density at radius 2 is 2.15 bits per heavy atom. The lowest BCUT2D eigenvalue weighted by Crippen LogP contribution is -2.45. The number of anilines is 1. The van der Waals surface area contributed by atoms with Crippen molar-refractivity contribution in [1.29, 1.82) is 0 Å². The highest BCUT2D eigenvalue weighted by Gasteiger charge is 2.28. The van der Waals surface area contributed by atoms with Crippen LogP contribution in [0.4, 0.5) is 5.00 Å². The highest BCUT2D eigenvalue weighted by atomic mass is 32.1. The Hall–Kier alpha value is -1.44. The van der Waals surface area contributed by atoms with Gasteiger partial charge in [0, 0.05) is 13.1 Å². The van der Waals surface area contributed by atoms with Gasteiger partial charge in [-0.2, -0.15) is 0 Å². The number of thiophene rings is 1. The second kappa shape index (κ2) is 5.90. The minimum atomic E-state index is -0.625. The van der Waals surface area contributed by atoms with Crippen molar-refractivity contribution in [2.24, 2.45) is 5.73 Å². The topological polar surface area (TPSA) is 95.7 Å². The predicted molar refractivity (Wildman–Crippen MR) is 77.8 cm³/mol. The zero-order valence-corrected chi connectivity index (χ0v) is 12.2. The van der Waals surface area contributed by atoms with Crippen LogP contribution in [0, 0.1) is 0 Å². The molecule has 0 unspecified atom stereocenters. The highest BCUT2D eigenvalue weighted by Crippen LogP contribution is 2.23. The van der Waals surface area contributed by atoms with Crippen molar-refractivity contribution in [2.75, 3.05) is 25.0 Å². The van der Waals surface area contributed by atoms with Crippen molar-refractivity contribution in [3.8, 4) is 0 Å². The van der Waals surface area contributed by atoms with Crippen LogP contribution in [0.2, 0.25) is 0 Å². The molecule has 2 amide bonds. The van der Waals surface area contributed by atoms with Crippen molar-refractivity contribution in [3.63, 3.8) is 0 Å². The second-order valence-electron chi connectivity index (χ2n) is 5.35. The molecule has 0 saturated carbocycles. The fraction of sp³-hybridized carbons (Fsp3) is 0.538. The lowest BCUT2D eigenvalue weighted by atomic mass is 9.94. The summed E-state index contributed by atoms with van der Waals surface area (Å²) in [5.74, 6) is -0.716. The summed E-state index contributed by atoms with van der Waals surface area (Å²) in [6.07, 6.45) is 1.32. The summed E-state index contributed by atoms with van der Waals surface area (Å²) in [7, 11) is 0. The molecule has 6 nitrogen and oxygen atoms in total. The number of amides is 2. The number of nitrogens with zero attached hydrogens (tertiary/aromatic N) is 1. The third kappa shape index (κ3) is 3.78. The van der Waals surface area contributed by atoms with Gasteiger partial charge >= 0.3 is 0 Å². The molecule has 0 radical (unpaired) electrons. The molecular weight excluding hydrogens is 278 g/mol. The van der Waals surface area contributed by atoms with Crippen LogP contribution in [0.15, 0.2) is 11.4 Å². The molecular formula is C13H19N3O3S. The van der Waals surface area contributed by atoms with Crippen molar-refractivity contribution in [1.82, 2.24) is 4.90 Å². The number of likely N-dealkylation sites (tertiary alicyclic amines) is 1. The maximum atomic E-state index is 12.0. The van der Waals surface area contributed by atoms with Crippen LogP contribution < -0.4 is 11.1 Å². The van der Waals surface area contributed by atoms with E-state index in [1.165, 1.54) is 11.3 Å². The van der Waals surface area contributed by atoms with Gasteiger partial charge in [-0.05, 0) is 31.2 Å². The quantitative estimate of drug-likeness (QED) is 0.759. The minimum Gasteiger partial charge on any atom is -0.390 e. The van der Waals surface area contributed by atoms with Crippen LogP contribution >= 0.6 is 11.3 Å². The van der Waals surface area contributed by atoms with Crippen LogP contribution in [-0.4, -0.2) is 47.1 Å². The van der Waals surface area contributed by atoms with Gasteiger partial charge in [-0.15, -0.1) is 11.3 Å². The minimum absolute atomic E-state index is 0.170. The first-order valence-corrected chi connectivity index (χ1v) is 7.37. The number of carbonyl (C=O) groups is 2. The molecule has 1 aliphatic rings. The summed E-state index contributed by atoms with van der Waals surface area (Å²) < 4.78 is 0. The Labute approximate surface area is 121 Å². The monoisotopic (exact) mass is 297 g/mol. The van der Waals surface area contributed by atoms with Gasteiger partial charge in [0.1, 0.15) is 5.00 Å². The van der Waals surface area contributed by atoms with Crippen molar-refractivity contribution in [2.45, 2.75) is 25.4 Å². The molecule has 1 aromatic heterocycles. The lowest BCUT2D eigenvalue weighted by Gasteiger charge is -2.35. The third-order valence-corrected chi connectivity index (χ3v) is 4.31. The van der Waals surface area contributed by atoms with E-state index in [0.717, 1.165) is 0 Å². The number of hydrogen-bond acceptors (Lipinski definition) is 5.